The van der Waals surface area contributed by atoms with Crippen LogP contribution in [-0.4, -0.2) is 44.2 Å². The second kappa shape index (κ2) is 5.94. The summed E-state index contributed by atoms with van der Waals surface area (Å²) in [6.07, 6.45) is 0.534. The van der Waals surface area contributed by atoms with Crippen LogP contribution in [0.1, 0.15) is 13.3 Å². The summed E-state index contributed by atoms with van der Waals surface area (Å²) in [6.45, 7) is 4.11. The lowest BCUT2D eigenvalue weighted by Gasteiger charge is -2.45. The molecule has 2 atom stereocenters. The summed E-state index contributed by atoms with van der Waals surface area (Å²) >= 11 is 0. The number of methoxy groups -OCH3 is 1. The Morgan fingerprint density at radius 1 is 1.37 bits per heavy atom. The Bertz CT molecular complexity index is 469. The lowest BCUT2D eigenvalue weighted by atomic mass is 10.0. The van der Waals surface area contributed by atoms with Gasteiger partial charge >= 0.3 is 0 Å². The van der Waals surface area contributed by atoms with Crippen molar-refractivity contribution >= 4 is 5.69 Å². The van der Waals surface area contributed by atoms with Crippen LogP contribution in [0.2, 0.25) is 0 Å². The molecule has 0 aromatic heterocycles. The van der Waals surface area contributed by atoms with Crippen LogP contribution in [0.5, 0.6) is 5.75 Å². The van der Waals surface area contributed by atoms with Crippen LogP contribution < -0.4 is 9.64 Å². The van der Waals surface area contributed by atoms with Crippen LogP contribution in [0.3, 0.4) is 0 Å². The normalized spacial score (nSPS) is 24.0. The van der Waals surface area contributed by atoms with Crippen molar-refractivity contribution in [3.8, 4) is 11.8 Å². The van der Waals surface area contributed by atoms with Gasteiger partial charge in [0.25, 0.3) is 0 Å². The van der Waals surface area contributed by atoms with Gasteiger partial charge in [0.2, 0.25) is 0 Å². The molecule has 0 radical (unpaired) electrons. The molecule has 1 aromatic rings. The Morgan fingerprint density at radius 2 is 2.11 bits per heavy atom. The van der Waals surface area contributed by atoms with E-state index in [0.717, 1.165) is 24.5 Å². The van der Waals surface area contributed by atoms with Gasteiger partial charge in [-0.15, -0.1) is 0 Å². The first-order valence-electron chi connectivity index (χ1n) is 6.64. The second-order valence-corrected chi connectivity index (χ2v) is 5.17. The Hall–Kier alpha value is -1.73. The highest BCUT2D eigenvalue weighted by Gasteiger charge is 2.31. The SMILES string of the molecule is COc1ccccc1N1C(C)CN(C)CC1CC#N. The van der Waals surface area contributed by atoms with Gasteiger partial charge in [0, 0.05) is 19.1 Å². The van der Waals surface area contributed by atoms with Crippen LogP contribution in [0.25, 0.3) is 0 Å². The number of nitriles is 1. The largest absolute Gasteiger partial charge is 0.495 e. The third-order valence-electron chi connectivity index (χ3n) is 3.66. The zero-order valence-electron chi connectivity index (χ0n) is 11.8. The van der Waals surface area contributed by atoms with Crippen LogP contribution in [0.15, 0.2) is 24.3 Å². The van der Waals surface area contributed by atoms with Crippen molar-refractivity contribution in [2.75, 3.05) is 32.1 Å². The molecule has 1 aromatic carbocycles. The molecule has 0 amide bonds. The molecule has 0 spiro atoms. The fourth-order valence-electron chi connectivity index (χ4n) is 2.97. The van der Waals surface area contributed by atoms with Crippen molar-refractivity contribution in [1.29, 1.82) is 5.26 Å². The summed E-state index contributed by atoms with van der Waals surface area (Å²) in [5.41, 5.74) is 1.09. The molecule has 2 rings (SSSR count). The number of benzene rings is 1. The Kier molecular flexibility index (Phi) is 4.28. The van der Waals surface area contributed by atoms with Crippen LogP contribution in [0.4, 0.5) is 5.69 Å². The number of rotatable bonds is 3. The molecule has 0 aliphatic carbocycles. The molecule has 0 N–H and O–H groups in total. The first kappa shape index (κ1) is 13.7. The predicted molar refractivity (Wildman–Crippen MR) is 76.5 cm³/mol. The molecule has 4 heteroatoms. The monoisotopic (exact) mass is 259 g/mol. The molecule has 102 valence electrons. The van der Waals surface area contributed by atoms with E-state index >= 15 is 0 Å². The van der Waals surface area contributed by atoms with Crippen molar-refractivity contribution in [2.45, 2.75) is 25.4 Å². The summed E-state index contributed by atoms with van der Waals surface area (Å²) < 4.78 is 5.46. The van der Waals surface area contributed by atoms with E-state index in [2.05, 4.69) is 35.9 Å². The minimum Gasteiger partial charge on any atom is -0.495 e. The van der Waals surface area contributed by atoms with Crippen molar-refractivity contribution < 1.29 is 4.74 Å². The van der Waals surface area contributed by atoms with Crippen molar-refractivity contribution in [3.63, 3.8) is 0 Å². The minimum atomic E-state index is 0.218. The first-order valence-corrected chi connectivity index (χ1v) is 6.64. The molecule has 4 nitrogen and oxygen atoms in total. The molecule has 2 unspecified atom stereocenters. The molecule has 1 aliphatic rings. The number of hydrogen-bond acceptors (Lipinski definition) is 4. The van der Waals surface area contributed by atoms with E-state index in [9.17, 15) is 0 Å². The van der Waals surface area contributed by atoms with Gasteiger partial charge in [-0.2, -0.15) is 5.26 Å². The number of hydrogen-bond donors (Lipinski definition) is 0. The summed E-state index contributed by atoms with van der Waals surface area (Å²) in [5.74, 6) is 0.877. The zero-order chi connectivity index (χ0) is 13.8. The first-order chi connectivity index (χ1) is 9.17. The van der Waals surface area contributed by atoms with Gasteiger partial charge < -0.3 is 14.5 Å². The smallest absolute Gasteiger partial charge is 0.142 e. The van der Waals surface area contributed by atoms with E-state index in [-0.39, 0.29) is 6.04 Å². The maximum Gasteiger partial charge on any atom is 0.142 e. The fourth-order valence-corrected chi connectivity index (χ4v) is 2.97. The lowest BCUT2D eigenvalue weighted by molar-refractivity contribution is 0.232. The summed E-state index contributed by atoms with van der Waals surface area (Å²) in [6, 6.07) is 10.9. The summed E-state index contributed by atoms with van der Waals surface area (Å²) in [5, 5.41) is 9.06. The highest BCUT2D eigenvalue weighted by Crippen LogP contribution is 2.33. The molecule has 1 fully saturated rings. The molecule has 0 bridgehead atoms. The predicted octanol–water partition coefficient (Wildman–Crippen LogP) is 2.12. The molecule has 0 saturated carbocycles. The number of likely N-dealkylation sites (N-methyl/N-ethyl adjacent to an activating group) is 1. The summed E-state index contributed by atoms with van der Waals surface area (Å²) in [4.78, 5) is 4.63. The van der Waals surface area contributed by atoms with Gasteiger partial charge in [0.1, 0.15) is 5.75 Å². The van der Waals surface area contributed by atoms with E-state index < -0.39 is 0 Å². The standard InChI is InChI=1S/C15H21N3O/c1-12-10-17(2)11-13(8-9-16)18(12)14-6-4-5-7-15(14)19-3/h4-7,12-13H,8,10-11H2,1-3H3. The number of anilines is 1. The van der Waals surface area contributed by atoms with Crippen LogP contribution >= 0.6 is 0 Å². The van der Waals surface area contributed by atoms with Gasteiger partial charge in [-0.05, 0) is 26.1 Å². The van der Waals surface area contributed by atoms with Gasteiger partial charge in [-0.25, -0.2) is 0 Å². The Labute approximate surface area is 115 Å². The number of para-hydroxylation sites is 2. The maximum absolute atomic E-state index is 9.06. The third-order valence-corrected chi connectivity index (χ3v) is 3.66. The van der Waals surface area contributed by atoms with Crippen molar-refractivity contribution in [1.82, 2.24) is 4.90 Å². The molecular formula is C15H21N3O. The molecule has 1 heterocycles. The average Bonchev–Trinajstić information content (AvgIpc) is 2.39. The van der Waals surface area contributed by atoms with E-state index in [1.165, 1.54) is 0 Å². The van der Waals surface area contributed by atoms with E-state index in [1.807, 2.05) is 18.2 Å². The number of ether oxygens (including phenoxy) is 1. The third kappa shape index (κ3) is 2.82. The number of piperazine rings is 1. The Balaban J connectivity index is 2.35. The van der Waals surface area contributed by atoms with Gasteiger partial charge in [0.15, 0.2) is 0 Å². The average molecular weight is 259 g/mol. The van der Waals surface area contributed by atoms with E-state index in [4.69, 9.17) is 10.00 Å². The minimum absolute atomic E-state index is 0.218. The topological polar surface area (TPSA) is 39.5 Å². The maximum atomic E-state index is 9.06. The molecule has 19 heavy (non-hydrogen) atoms. The van der Waals surface area contributed by atoms with E-state index in [1.54, 1.807) is 7.11 Å². The second-order valence-electron chi connectivity index (χ2n) is 5.17. The van der Waals surface area contributed by atoms with E-state index in [0.29, 0.717) is 12.5 Å². The van der Waals surface area contributed by atoms with Crippen molar-refractivity contribution in [3.05, 3.63) is 24.3 Å². The highest BCUT2D eigenvalue weighted by molar-refractivity contribution is 5.60. The van der Waals surface area contributed by atoms with Gasteiger partial charge in [-0.3, -0.25) is 0 Å². The summed E-state index contributed by atoms with van der Waals surface area (Å²) in [7, 11) is 3.80. The van der Waals surface area contributed by atoms with Gasteiger partial charge in [0.05, 0.1) is 31.3 Å². The molecule has 1 aliphatic heterocycles. The quantitative estimate of drug-likeness (QED) is 0.833. The van der Waals surface area contributed by atoms with Crippen LogP contribution in [-0.2, 0) is 0 Å². The number of nitrogens with zero attached hydrogens (tertiary/aromatic N) is 3. The van der Waals surface area contributed by atoms with Crippen molar-refractivity contribution in [2.24, 2.45) is 0 Å². The van der Waals surface area contributed by atoms with Crippen LogP contribution in [0, 0.1) is 11.3 Å². The lowest BCUT2D eigenvalue weighted by Crippen LogP contribution is -2.56. The molecule has 1 saturated heterocycles. The van der Waals surface area contributed by atoms with Gasteiger partial charge in [-0.1, -0.05) is 12.1 Å². The Morgan fingerprint density at radius 3 is 2.79 bits per heavy atom. The fraction of sp³-hybridized carbons (Fsp3) is 0.533. The zero-order valence-corrected chi connectivity index (χ0v) is 11.8. The molecular weight excluding hydrogens is 238 g/mol. The highest BCUT2D eigenvalue weighted by atomic mass is 16.5.